The van der Waals surface area contributed by atoms with Crippen LogP contribution in [-0.4, -0.2) is 41.6 Å². The van der Waals surface area contributed by atoms with Gasteiger partial charge < -0.3 is 28.9 Å². The lowest BCUT2D eigenvalue weighted by molar-refractivity contribution is 0.0548. The van der Waals surface area contributed by atoms with Gasteiger partial charge in [0, 0.05) is 0 Å². The zero-order valence-electron chi connectivity index (χ0n) is 20.6. The molecule has 0 saturated heterocycles. The third-order valence-electron chi connectivity index (χ3n) is 4.47. The zero-order chi connectivity index (χ0) is 25.3. The first-order valence-electron chi connectivity index (χ1n) is 11.1. The highest BCUT2D eigenvalue weighted by Gasteiger charge is 2.25. The molecule has 3 N–H and O–H groups in total. The van der Waals surface area contributed by atoms with E-state index in [9.17, 15) is 19.8 Å². The molecule has 0 aliphatic carbocycles. The standard InChI is InChI=1S/C14H24O4Si.C10H14O4/c1-10(2)8-12(15)13-11(6-7-17-13)14(16)18-9-19(3,4)5;1-6(2)5-8(11)9-7(10(12)13)3-4-14-9/h6-7,10,12,15H,8-9H2,1-5H3;3-4,6,8,11H,5H2,1-2H3,(H,12,13). The van der Waals surface area contributed by atoms with Crippen molar-refractivity contribution >= 4 is 20.0 Å². The van der Waals surface area contributed by atoms with E-state index in [4.69, 9.17) is 18.7 Å². The van der Waals surface area contributed by atoms with Gasteiger partial charge in [-0.25, -0.2) is 9.59 Å². The number of carbonyl (C=O) groups excluding carboxylic acids is 1. The van der Waals surface area contributed by atoms with Crippen molar-refractivity contribution in [2.24, 2.45) is 11.8 Å². The summed E-state index contributed by atoms with van der Waals surface area (Å²) in [6.45, 7) is 14.3. The van der Waals surface area contributed by atoms with Crippen LogP contribution in [0.15, 0.2) is 33.5 Å². The largest absolute Gasteiger partial charge is 0.478 e. The van der Waals surface area contributed by atoms with Gasteiger partial charge in [-0.15, -0.1) is 0 Å². The lowest BCUT2D eigenvalue weighted by atomic mass is 10.0. The Morgan fingerprint density at radius 1 is 0.879 bits per heavy atom. The molecule has 2 rings (SSSR count). The van der Waals surface area contributed by atoms with Gasteiger partial charge >= 0.3 is 11.9 Å². The van der Waals surface area contributed by atoms with Crippen molar-refractivity contribution < 1.29 is 38.5 Å². The number of carboxylic acids is 1. The van der Waals surface area contributed by atoms with Crippen molar-refractivity contribution in [1.29, 1.82) is 0 Å². The van der Waals surface area contributed by atoms with Crippen molar-refractivity contribution in [3.05, 3.63) is 47.3 Å². The van der Waals surface area contributed by atoms with Gasteiger partial charge in [-0.3, -0.25) is 0 Å². The maximum Gasteiger partial charge on any atom is 0.341 e. The number of aliphatic hydroxyl groups is 2. The molecule has 0 aromatic carbocycles. The first-order valence-corrected chi connectivity index (χ1v) is 14.8. The zero-order valence-corrected chi connectivity index (χ0v) is 21.6. The predicted molar refractivity (Wildman–Crippen MR) is 127 cm³/mol. The third-order valence-corrected chi connectivity index (χ3v) is 5.48. The molecule has 8 nitrogen and oxygen atoms in total. The molecule has 0 amide bonds. The summed E-state index contributed by atoms with van der Waals surface area (Å²) in [5, 5.41) is 28.5. The summed E-state index contributed by atoms with van der Waals surface area (Å²) in [5.74, 6) is -0.409. The molecular weight excluding hydrogens is 444 g/mol. The molecule has 0 radical (unpaired) electrons. The van der Waals surface area contributed by atoms with E-state index < -0.39 is 32.2 Å². The fourth-order valence-corrected chi connectivity index (χ4v) is 3.53. The number of hydrogen-bond donors (Lipinski definition) is 3. The van der Waals surface area contributed by atoms with Crippen LogP contribution in [0.3, 0.4) is 0 Å². The average Bonchev–Trinajstić information content (AvgIpc) is 3.34. The van der Waals surface area contributed by atoms with Crippen molar-refractivity contribution in [2.45, 2.75) is 72.4 Å². The summed E-state index contributed by atoms with van der Waals surface area (Å²) in [4.78, 5) is 22.7. The summed E-state index contributed by atoms with van der Waals surface area (Å²) >= 11 is 0. The molecule has 2 atom stereocenters. The highest BCUT2D eigenvalue weighted by molar-refractivity contribution is 6.76. The van der Waals surface area contributed by atoms with Crippen molar-refractivity contribution in [1.82, 2.24) is 0 Å². The van der Waals surface area contributed by atoms with E-state index in [0.717, 1.165) is 0 Å². The van der Waals surface area contributed by atoms with Gasteiger partial charge in [0.1, 0.15) is 34.9 Å². The van der Waals surface area contributed by atoms with Gasteiger partial charge in [0.25, 0.3) is 0 Å². The number of rotatable bonds is 10. The van der Waals surface area contributed by atoms with Crippen LogP contribution in [0.5, 0.6) is 0 Å². The fourth-order valence-electron chi connectivity index (χ4n) is 2.97. The lowest BCUT2D eigenvalue weighted by Gasteiger charge is -2.16. The van der Waals surface area contributed by atoms with Crippen molar-refractivity contribution in [2.75, 3.05) is 6.23 Å². The molecule has 2 aromatic rings. The Morgan fingerprint density at radius 3 is 1.70 bits per heavy atom. The van der Waals surface area contributed by atoms with Crippen LogP contribution in [0.4, 0.5) is 0 Å². The average molecular weight is 483 g/mol. The Balaban J connectivity index is 0.000000346. The van der Waals surface area contributed by atoms with Gasteiger partial charge in [-0.2, -0.15) is 0 Å². The van der Waals surface area contributed by atoms with Crippen molar-refractivity contribution in [3.63, 3.8) is 0 Å². The first-order chi connectivity index (χ1) is 15.2. The molecule has 2 unspecified atom stereocenters. The van der Waals surface area contributed by atoms with Crippen LogP contribution in [0.25, 0.3) is 0 Å². The lowest BCUT2D eigenvalue weighted by Crippen LogP contribution is -2.30. The van der Waals surface area contributed by atoms with Gasteiger partial charge in [0.05, 0.1) is 26.8 Å². The van der Waals surface area contributed by atoms with Crippen LogP contribution < -0.4 is 0 Å². The maximum absolute atomic E-state index is 12.0. The Morgan fingerprint density at radius 2 is 1.30 bits per heavy atom. The molecule has 186 valence electrons. The van der Waals surface area contributed by atoms with E-state index in [1.54, 1.807) is 6.07 Å². The van der Waals surface area contributed by atoms with Gasteiger partial charge in [0.2, 0.25) is 0 Å². The maximum atomic E-state index is 12.0. The number of carbonyl (C=O) groups is 2. The monoisotopic (exact) mass is 482 g/mol. The smallest absolute Gasteiger partial charge is 0.341 e. The third kappa shape index (κ3) is 9.98. The second kappa shape index (κ2) is 12.8. The second-order valence-corrected chi connectivity index (χ2v) is 15.5. The highest BCUT2D eigenvalue weighted by atomic mass is 28.3. The Hall–Kier alpha value is -2.36. The van der Waals surface area contributed by atoms with Crippen LogP contribution in [0, 0.1) is 11.8 Å². The summed E-state index contributed by atoms with van der Waals surface area (Å²) in [6, 6.07) is 2.91. The van der Waals surface area contributed by atoms with E-state index in [0.29, 0.717) is 36.3 Å². The number of carboxylic acid groups (broad SMARTS) is 1. The molecular formula is C24H38O8Si. The molecule has 0 spiro atoms. The summed E-state index contributed by atoms with van der Waals surface area (Å²) in [5.41, 5.74) is 0.379. The van der Waals surface area contributed by atoms with Gasteiger partial charge in [-0.1, -0.05) is 47.3 Å². The van der Waals surface area contributed by atoms with Gasteiger partial charge in [-0.05, 0) is 36.8 Å². The number of furan rings is 2. The second-order valence-electron chi connectivity index (χ2n) is 10.1. The number of aromatic carboxylic acids is 1. The highest BCUT2D eigenvalue weighted by Crippen LogP contribution is 2.26. The Kier molecular flexibility index (Phi) is 11.1. The van der Waals surface area contributed by atoms with E-state index in [1.807, 2.05) is 27.7 Å². The quantitative estimate of drug-likeness (QED) is 0.301. The normalized spacial score (nSPS) is 13.4. The molecule has 2 heterocycles. The number of aliphatic hydroxyl groups excluding tert-OH is 2. The molecule has 0 fully saturated rings. The number of esters is 1. The van der Waals surface area contributed by atoms with Crippen LogP contribution in [0.2, 0.25) is 19.6 Å². The van der Waals surface area contributed by atoms with E-state index in [1.165, 1.54) is 18.6 Å². The SMILES string of the molecule is CC(C)CC(O)c1occc1C(=O)O.CC(C)CC(O)c1occc1C(=O)OC[Si](C)(C)C. The number of ether oxygens (including phenoxy) is 1. The Labute approximate surface area is 196 Å². The topological polar surface area (TPSA) is 130 Å². The van der Waals surface area contributed by atoms with E-state index in [-0.39, 0.29) is 17.2 Å². The minimum absolute atomic E-state index is 0.0400. The first kappa shape index (κ1) is 28.7. The van der Waals surface area contributed by atoms with Crippen LogP contribution >= 0.6 is 0 Å². The van der Waals surface area contributed by atoms with Crippen LogP contribution in [0.1, 0.15) is 85.0 Å². The molecule has 2 aromatic heterocycles. The predicted octanol–water partition coefficient (Wildman–Crippen LogP) is 5.45. The molecule has 0 saturated carbocycles. The minimum Gasteiger partial charge on any atom is -0.478 e. The molecule has 0 bridgehead atoms. The summed E-state index contributed by atoms with van der Waals surface area (Å²) in [6.07, 6.45) is 2.62. The van der Waals surface area contributed by atoms with E-state index in [2.05, 4.69) is 19.6 Å². The van der Waals surface area contributed by atoms with E-state index >= 15 is 0 Å². The number of hydrogen-bond acceptors (Lipinski definition) is 7. The molecule has 0 aliphatic heterocycles. The minimum atomic E-state index is -1.44. The van der Waals surface area contributed by atoms with Crippen molar-refractivity contribution in [3.8, 4) is 0 Å². The molecule has 9 heteroatoms. The van der Waals surface area contributed by atoms with Crippen LogP contribution in [-0.2, 0) is 4.74 Å². The van der Waals surface area contributed by atoms with Gasteiger partial charge in [0.15, 0.2) is 0 Å². The fraction of sp³-hybridized carbons (Fsp3) is 0.583. The molecule has 0 aliphatic rings. The Bertz CT molecular complexity index is 875. The molecule has 33 heavy (non-hydrogen) atoms. The summed E-state index contributed by atoms with van der Waals surface area (Å²) in [7, 11) is -1.44. The summed E-state index contributed by atoms with van der Waals surface area (Å²) < 4.78 is 15.5.